The van der Waals surface area contributed by atoms with Crippen LogP contribution in [0.15, 0.2) is 24.3 Å². The fourth-order valence-corrected chi connectivity index (χ4v) is 3.56. The van der Waals surface area contributed by atoms with Crippen LogP contribution in [0, 0.1) is 10.8 Å². The van der Waals surface area contributed by atoms with Gasteiger partial charge in [0.05, 0.1) is 12.9 Å². The third-order valence-electron chi connectivity index (χ3n) is 5.14. The van der Waals surface area contributed by atoms with Crippen LogP contribution in [-0.4, -0.2) is 33.7 Å². The number of amides is 1. The maximum Gasteiger partial charge on any atom is 0.268 e. The first-order chi connectivity index (χ1) is 12.3. The molecule has 0 spiro atoms. The quantitative estimate of drug-likeness (QED) is 0.629. The van der Waals surface area contributed by atoms with Crippen molar-refractivity contribution in [3.63, 3.8) is 0 Å². The van der Waals surface area contributed by atoms with E-state index in [9.17, 15) is 13.2 Å². The van der Waals surface area contributed by atoms with Gasteiger partial charge in [-0.05, 0) is 40.9 Å². The Hall–Kier alpha value is -1.40. The van der Waals surface area contributed by atoms with Crippen LogP contribution >= 0.6 is 0 Å². The Labute approximate surface area is 165 Å². The number of benzene rings is 1. The van der Waals surface area contributed by atoms with Gasteiger partial charge < -0.3 is 5.32 Å². The molecule has 1 amide bonds. The molecule has 0 aromatic heterocycles. The summed E-state index contributed by atoms with van der Waals surface area (Å²) < 4.78 is 27.0. The highest BCUT2D eigenvalue weighted by Crippen LogP contribution is 2.45. The van der Waals surface area contributed by atoms with Gasteiger partial charge in [0.15, 0.2) is 0 Å². The van der Waals surface area contributed by atoms with Gasteiger partial charge >= 0.3 is 0 Å². The van der Waals surface area contributed by atoms with E-state index in [4.69, 9.17) is 0 Å². The first-order valence-corrected chi connectivity index (χ1v) is 11.1. The predicted molar refractivity (Wildman–Crippen MR) is 110 cm³/mol. The molecule has 0 bridgehead atoms. The van der Waals surface area contributed by atoms with Crippen molar-refractivity contribution in [2.24, 2.45) is 10.8 Å². The van der Waals surface area contributed by atoms with Crippen LogP contribution in [0.25, 0.3) is 0 Å². The molecule has 1 aromatic rings. The number of carbonyl (C=O) groups is 1. The van der Waals surface area contributed by atoms with Crippen LogP contribution in [0.4, 0.5) is 0 Å². The highest BCUT2D eigenvalue weighted by atomic mass is 32.2. The minimum absolute atomic E-state index is 0.0201. The topological polar surface area (TPSA) is 72.5 Å². The van der Waals surface area contributed by atoms with E-state index >= 15 is 0 Å². The number of hydrogen-bond acceptors (Lipinski definition) is 4. The first-order valence-electron chi connectivity index (χ1n) is 9.48. The van der Waals surface area contributed by atoms with Gasteiger partial charge in [-0.1, -0.05) is 60.1 Å². The average molecular weight is 398 g/mol. The molecule has 5 nitrogen and oxygen atoms in total. The SMILES string of the molecule is CCC(C)(C)C(CC(C)(C)C)c1ccc(C(=O)NCCS(=O)(=O)OC)cc1. The molecule has 1 N–H and O–H groups in total. The second kappa shape index (κ2) is 9.20. The summed E-state index contributed by atoms with van der Waals surface area (Å²) in [6, 6.07) is 7.68. The molecule has 0 fully saturated rings. The molecule has 154 valence electrons. The lowest BCUT2D eigenvalue weighted by Crippen LogP contribution is -2.29. The Morgan fingerprint density at radius 2 is 1.67 bits per heavy atom. The Kier molecular flexibility index (Phi) is 8.05. The molecular weight excluding hydrogens is 362 g/mol. The van der Waals surface area contributed by atoms with E-state index in [1.165, 1.54) is 5.56 Å². The summed E-state index contributed by atoms with van der Waals surface area (Å²) in [6.45, 7) is 13.6. The van der Waals surface area contributed by atoms with Crippen molar-refractivity contribution in [3.05, 3.63) is 35.4 Å². The predicted octanol–water partition coefficient (Wildman–Crippen LogP) is 4.35. The van der Waals surface area contributed by atoms with Gasteiger partial charge in [-0.2, -0.15) is 8.42 Å². The number of nitrogens with one attached hydrogen (secondary N) is 1. The zero-order valence-electron chi connectivity index (χ0n) is 17.8. The summed E-state index contributed by atoms with van der Waals surface area (Å²) in [7, 11) is -2.45. The number of carbonyl (C=O) groups excluding carboxylic acids is 1. The fraction of sp³-hybridized carbons (Fsp3) is 0.667. The molecule has 0 saturated heterocycles. The van der Waals surface area contributed by atoms with E-state index in [0.29, 0.717) is 11.5 Å². The Bertz CT molecular complexity index is 716. The van der Waals surface area contributed by atoms with Crippen molar-refractivity contribution in [1.29, 1.82) is 0 Å². The van der Waals surface area contributed by atoms with Gasteiger partial charge in [-0.25, -0.2) is 0 Å². The van der Waals surface area contributed by atoms with Crippen molar-refractivity contribution in [3.8, 4) is 0 Å². The van der Waals surface area contributed by atoms with Crippen molar-refractivity contribution < 1.29 is 17.4 Å². The molecule has 27 heavy (non-hydrogen) atoms. The maximum absolute atomic E-state index is 12.2. The second-order valence-electron chi connectivity index (χ2n) is 8.97. The highest BCUT2D eigenvalue weighted by Gasteiger charge is 2.32. The van der Waals surface area contributed by atoms with E-state index in [1.807, 2.05) is 24.3 Å². The summed E-state index contributed by atoms with van der Waals surface area (Å²) in [5, 5.41) is 2.62. The smallest absolute Gasteiger partial charge is 0.268 e. The normalized spacial score (nSPS) is 14.0. The van der Waals surface area contributed by atoms with Gasteiger partial charge in [0.1, 0.15) is 0 Å². The minimum atomic E-state index is -3.57. The molecule has 0 aliphatic heterocycles. The van der Waals surface area contributed by atoms with Crippen LogP contribution in [0.3, 0.4) is 0 Å². The summed E-state index contributed by atoms with van der Waals surface area (Å²) in [5.41, 5.74) is 2.12. The zero-order valence-corrected chi connectivity index (χ0v) is 18.6. The van der Waals surface area contributed by atoms with Crippen LogP contribution in [-0.2, 0) is 14.3 Å². The molecule has 0 saturated carbocycles. The Morgan fingerprint density at radius 3 is 2.11 bits per heavy atom. The van der Waals surface area contributed by atoms with Crippen LogP contribution in [0.1, 0.15) is 76.2 Å². The lowest BCUT2D eigenvalue weighted by Gasteiger charge is -2.38. The number of rotatable bonds is 9. The molecule has 6 heteroatoms. The highest BCUT2D eigenvalue weighted by molar-refractivity contribution is 7.86. The largest absolute Gasteiger partial charge is 0.351 e. The van der Waals surface area contributed by atoms with E-state index in [0.717, 1.165) is 20.0 Å². The first kappa shape index (κ1) is 23.6. The van der Waals surface area contributed by atoms with Gasteiger partial charge in [0.2, 0.25) is 0 Å². The third-order valence-corrected chi connectivity index (χ3v) is 6.35. The molecule has 1 unspecified atom stereocenters. The van der Waals surface area contributed by atoms with Crippen molar-refractivity contribution in [2.75, 3.05) is 19.4 Å². The van der Waals surface area contributed by atoms with E-state index in [-0.39, 0.29) is 29.0 Å². The van der Waals surface area contributed by atoms with E-state index < -0.39 is 10.1 Å². The number of hydrogen-bond donors (Lipinski definition) is 1. The Balaban J connectivity index is 2.90. The molecule has 1 rings (SSSR count). The molecule has 1 aromatic carbocycles. The maximum atomic E-state index is 12.2. The van der Waals surface area contributed by atoms with Crippen LogP contribution in [0.2, 0.25) is 0 Å². The monoisotopic (exact) mass is 397 g/mol. The lowest BCUT2D eigenvalue weighted by atomic mass is 9.67. The summed E-state index contributed by atoms with van der Waals surface area (Å²) >= 11 is 0. The van der Waals surface area contributed by atoms with Gasteiger partial charge in [-0.3, -0.25) is 8.98 Å². The molecule has 0 aliphatic rings. The third kappa shape index (κ3) is 7.62. The van der Waals surface area contributed by atoms with Gasteiger partial charge in [-0.15, -0.1) is 0 Å². The van der Waals surface area contributed by atoms with Gasteiger partial charge in [0, 0.05) is 12.1 Å². The molecule has 0 aliphatic carbocycles. The average Bonchev–Trinajstić information content (AvgIpc) is 2.58. The summed E-state index contributed by atoms with van der Waals surface area (Å²) in [6.07, 6.45) is 2.14. The molecule has 0 heterocycles. The molecule has 0 radical (unpaired) electrons. The van der Waals surface area contributed by atoms with Crippen LogP contribution in [0.5, 0.6) is 0 Å². The second-order valence-corrected chi connectivity index (χ2v) is 10.8. The van der Waals surface area contributed by atoms with Crippen molar-refractivity contribution in [2.45, 2.75) is 60.3 Å². The van der Waals surface area contributed by atoms with E-state index in [1.54, 1.807) is 0 Å². The van der Waals surface area contributed by atoms with E-state index in [2.05, 4.69) is 51.0 Å². The lowest BCUT2D eigenvalue weighted by molar-refractivity contribution is 0.0956. The van der Waals surface area contributed by atoms with Crippen molar-refractivity contribution >= 4 is 16.0 Å². The fourth-order valence-electron chi connectivity index (χ4n) is 3.05. The summed E-state index contributed by atoms with van der Waals surface area (Å²) in [4.78, 5) is 12.2. The molecule has 1 atom stereocenters. The summed E-state index contributed by atoms with van der Waals surface area (Å²) in [5.74, 6) is -0.132. The molecular formula is C21H35NO4S. The Morgan fingerprint density at radius 1 is 1.11 bits per heavy atom. The zero-order chi connectivity index (χ0) is 20.9. The van der Waals surface area contributed by atoms with Gasteiger partial charge in [0.25, 0.3) is 16.0 Å². The van der Waals surface area contributed by atoms with Crippen molar-refractivity contribution in [1.82, 2.24) is 5.32 Å². The minimum Gasteiger partial charge on any atom is -0.351 e. The standard InChI is InChI=1S/C21H35NO4S/c1-8-21(5,6)18(15-20(2,3)4)16-9-11-17(12-10-16)19(23)22-13-14-27(24,25)26-7/h9-12,18H,8,13-15H2,1-7H3,(H,22,23). The van der Waals surface area contributed by atoms with Crippen LogP contribution < -0.4 is 5.32 Å².